The molecule has 162 valence electrons. The van der Waals surface area contributed by atoms with E-state index in [4.69, 9.17) is 16.3 Å². The van der Waals surface area contributed by atoms with Gasteiger partial charge in [-0.25, -0.2) is 8.42 Å². The fourth-order valence-corrected chi connectivity index (χ4v) is 7.31. The van der Waals surface area contributed by atoms with E-state index in [1.165, 1.54) is 21.3 Å². The molecule has 0 spiro atoms. The minimum atomic E-state index is -3.85. The number of sulfonamides is 1. The van der Waals surface area contributed by atoms with E-state index in [0.29, 0.717) is 12.1 Å². The van der Waals surface area contributed by atoms with Crippen molar-refractivity contribution in [1.29, 1.82) is 0 Å². The summed E-state index contributed by atoms with van der Waals surface area (Å²) in [6, 6.07) is 6.52. The summed E-state index contributed by atoms with van der Waals surface area (Å²) in [4.78, 5) is 16.3. The van der Waals surface area contributed by atoms with Gasteiger partial charge in [-0.15, -0.1) is 11.3 Å². The van der Waals surface area contributed by atoms with E-state index in [0.717, 1.165) is 12.0 Å². The highest BCUT2D eigenvalue weighted by atomic mass is 35.5. The van der Waals surface area contributed by atoms with Crippen LogP contribution in [-0.2, 0) is 21.2 Å². The Morgan fingerprint density at radius 3 is 2.57 bits per heavy atom. The first kappa shape index (κ1) is 21.8. The number of halogens is 1. The molecule has 1 fully saturated rings. The molecule has 1 aromatic carbocycles. The number of carbonyl (C=O) groups is 1. The maximum atomic E-state index is 13.3. The molecule has 2 aliphatic rings. The highest BCUT2D eigenvalue weighted by Gasteiger charge is 2.35. The second kappa shape index (κ2) is 8.24. The molecule has 3 unspecified atom stereocenters. The summed E-state index contributed by atoms with van der Waals surface area (Å²) in [5, 5.41) is 2.16. The van der Waals surface area contributed by atoms with Crippen molar-refractivity contribution in [2.24, 2.45) is 0 Å². The number of ether oxygens (including phenoxy) is 1. The van der Waals surface area contributed by atoms with Crippen LogP contribution in [0.15, 0.2) is 34.5 Å². The molecule has 9 heteroatoms. The summed E-state index contributed by atoms with van der Waals surface area (Å²) in [5.41, 5.74) is 1.50. The van der Waals surface area contributed by atoms with Gasteiger partial charge in [-0.1, -0.05) is 11.6 Å². The average Bonchev–Trinajstić information content (AvgIpc) is 3.17. The zero-order chi connectivity index (χ0) is 21.6. The van der Waals surface area contributed by atoms with E-state index in [1.807, 2.05) is 26.2 Å². The standard InChI is InChI=1S/C21H25ClN2O4S2/c1-13-11-23(12-14(2)28-13)30(26,27)20-10-16(4-5-18(20)22)21(25)24-8-6-19-17(15(24)3)7-9-29-19/h4-5,7,9-10,13-15H,6,8,11-12H2,1-3H3. The topological polar surface area (TPSA) is 66.9 Å². The SMILES string of the molecule is CC1CN(S(=O)(=O)c2cc(C(=O)N3CCc4sccc4C3C)ccc2Cl)CC(C)O1. The molecule has 30 heavy (non-hydrogen) atoms. The molecule has 0 radical (unpaired) electrons. The summed E-state index contributed by atoms with van der Waals surface area (Å²) < 4.78 is 33.7. The van der Waals surface area contributed by atoms with Crippen LogP contribution in [0.5, 0.6) is 0 Å². The Labute approximate surface area is 186 Å². The van der Waals surface area contributed by atoms with Gasteiger partial charge in [0.15, 0.2) is 0 Å². The van der Waals surface area contributed by atoms with Gasteiger partial charge in [0.25, 0.3) is 5.91 Å². The molecule has 6 nitrogen and oxygen atoms in total. The lowest BCUT2D eigenvalue weighted by Crippen LogP contribution is -2.48. The van der Waals surface area contributed by atoms with Gasteiger partial charge >= 0.3 is 0 Å². The highest BCUT2D eigenvalue weighted by molar-refractivity contribution is 7.89. The third-order valence-corrected chi connectivity index (χ3v) is 9.03. The maximum Gasteiger partial charge on any atom is 0.254 e. The molecule has 0 bridgehead atoms. The van der Waals surface area contributed by atoms with Crippen molar-refractivity contribution in [2.75, 3.05) is 19.6 Å². The Morgan fingerprint density at radius 2 is 1.87 bits per heavy atom. The van der Waals surface area contributed by atoms with Crippen LogP contribution < -0.4 is 0 Å². The van der Waals surface area contributed by atoms with Crippen LogP contribution in [0.2, 0.25) is 5.02 Å². The zero-order valence-electron chi connectivity index (χ0n) is 17.2. The van der Waals surface area contributed by atoms with Crippen LogP contribution in [0.4, 0.5) is 0 Å². The molecule has 0 saturated carbocycles. The molecule has 0 N–H and O–H groups in total. The first-order valence-corrected chi connectivity index (χ1v) is 12.7. The number of fused-ring (bicyclic) bond motifs is 1. The molecule has 4 rings (SSSR count). The van der Waals surface area contributed by atoms with E-state index < -0.39 is 10.0 Å². The van der Waals surface area contributed by atoms with Gasteiger partial charge in [0.1, 0.15) is 4.90 Å². The quantitative estimate of drug-likeness (QED) is 0.683. The van der Waals surface area contributed by atoms with Gasteiger partial charge in [0, 0.05) is 30.1 Å². The highest BCUT2D eigenvalue weighted by Crippen LogP contribution is 2.35. The number of nitrogens with zero attached hydrogens (tertiary/aromatic N) is 2. The van der Waals surface area contributed by atoms with E-state index in [-0.39, 0.29) is 47.2 Å². The molecule has 3 heterocycles. The molecule has 1 amide bonds. The number of benzene rings is 1. The maximum absolute atomic E-state index is 13.3. The van der Waals surface area contributed by atoms with Crippen molar-refractivity contribution in [3.05, 3.63) is 50.7 Å². The number of hydrogen-bond donors (Lipinski definition) is 0. The predicted octanol–water partition coefficient (Wildman–Crippen LogP) is 3.96. The smallest absolute Gasteiger partial charge is 0.254 e. The lowest BCUT2D eigenvalue weighted by atomic mass is 10.0. The Kier molecular flexibility index (Phi) is 5.98. The van der Waals surface area contributed by atoms with Gasteiger partial charge in [0.2, 0.25) is 10.0 Å². The van der Waals surface area contributed by atoms with Crippen LogP contribution >= 0.6 is 22.9 Å². The number of carbonyl (C=O) groups excluding carboxylic acids is 1. The van der Waals surface area contributed by atoms with Gasteiger partial charge in [-0.2, -0.15) is 4.31 Å². The van der Waals surface area contributed by atoms with Crippen LogP contribution in [0.3, 0.4) is 0 Å². The molecule has 2 aliphatic heterocycles. The van der Waals surface area contributed by atoms with Gasteiger partial charge in [0.05, 0.1) is 23.3 Å². The third kappa shape index (κ3) is 3.91. The second-order valence-electron chi connectivity index (χ2n) is 7.95. The fourth-order valence-electron chi connectivity index (χ4n) is 4.25. The summed E-state index contributed by atoms with van der Waals surface area (Å²) in [5.74, 6) is -0.184. The van der Waals surface area contributed by atoms with Gasteiger partial charge in [-0.3, -0.25) is 4.79 Å². The van der Waals surface area contributed by atoms with Crippen LogP contribution in [0.1, 0.15) is 47.6 Å². The Balaban J connectivity index is 1.64. The van der Waals surface area contributed by atoms with Gasteiger partial charge < -0.3 is 9.64 Å². The lowest BCUT2D eigenvalue weighted by molar-refractivity contribution is -0.0440. The Bertz CT molecular complexity index is 1060. The first-order valence-electron chi connectivity index (χ1n) is 10.0. The molecule has 3 atom stereocenters. The Morgan fingerprint density at radius 1 is 1.17 bits per heavy atom. The third-order valence-electron chi connectivity index (χ3n) is 5.72. The van der Waals surface area contributed by atoms with Crippen molar-refractivity contribution in [3.63, 3.8) is 0 Å². The summed E-state index contributed by atoms with van der Waals surface area (Å²) in [7, 11) is -3.85. The van der Waals surface area contributed by atoms with Crippen molar-refractivity contribution in [1.82, 2.24) is 9.21 Å². The van der Waals surface area contributed by atoms with Crippen molar-refractivity contribution in [2.45, 2.75) is 50.3 Å². The molecule has 1 aromatic heterocycles. The second-order valence-corrected chi connectivity index (χ2v) is 11.3. The molecular formula is C21H25ClN2O4S2. The number of thiophene rings is 1. The molecule has 1 saturated heterocycles. The summed E-state index contributed by atoms with van der Waals surface area (Å²) in [6.45, 7) is 6.81. The van der Waals surface area contributed by atoms with Crippen molar-refractivity contribution < 1.29 is 17.9 Å². The average molecular weight is 469 g/mol. The van der Waals surface area contributed by atoms with Crippen LogP contribution in [0.25, 0.3) is 0 Å². The monoisotopic (exact) mass is 468 g/mol. The molecular weight excluding hydrogens is 444 g/mol. The number of amides is 1. The normalized spacial score (nSPS) is 25.2. The van der Waals surface area contributed by atoms with Gasteiger partial charge in [-0.05, 0) is 62.4 Å². The fraction of sp³-hybridized carbons (Fsp3) is 0.476. The lowest BCUT2D eigenvalue weighted by Gasteiger charge is -2.35. The predicted molar refractivity (Wildman–Crippen MR) is 118 cm³/mol. The van der Waals surface area contributed by atoms with E-state index in [9.17, 15) is 13.2 Å². The number of hydrogen-bond acceptors (Lipinski definition) is 5. The molecule has 0 aliphatic carbocycles. The van der Waals surface area contributed by atoms with Crippen LogP contribution in [0, 0.1) is 0 Å². The largest absolute Gasteiger partial charge is 0.373 e. The van der Waals surface area contributed by atoms with E-state index in [2.05, 4.69) is 6.07 Å². The Hall–Kier alpha value is -1.45. The van der Waals surface area contributed by atoms with Crippen LogP contribution in [-0.4, -0.2) is 55.4 Å². The van der Waals surface area contributed by atoms with Crippen molar-refractivity contribution >= 4 is 38.9 Å². The first-order chi connectivity index (χ1) is 14.2. The zero-order valence-corrected chi connectivity index (χ0v) is 19.6. The van der Waals surface area contributed by atoms with E-state index >= 15 is 0 Å². The minimum absolute atomic E-state index is 0.0304. The summed E-state index contributed by atoms with van der Waals surface area (Å²) >= 11 is 8.00. The van der Waals surface area contributed by atoms with E-state index in [1.54, 1.807) is 22.3 Å². The van der Waals surface area contributed by atoms with Crippen molar-refractivity contribution in [3.8, 4) is 0 Å². The number of morpholine rings is 1. The molecule has 2 aromatic rings. The number of rotatable bonds is 3. The minimum Gasteiger partial charge on any atom is -0.373 e. The summed E-state index contributed by atoms with van der Waals surface area (Å²) in [6.07, 6.45) is 0.396.